The van der Waals surface area contributed by atoms with E-state index in [2.05, 4.69) is 37.9 Å². The topological polar surface area (TPSA) is 32.3 Å². The van der Waals surface area contributed by atoms with Crippen LogP contribution in [0.5, 0.6) is 0 Å². The van der Waals surface area contributed by atoms with Gasteiger partial charge in [-0.15, -0.1) is 0 Å². The van der Waals surface area contributed by atoms with E-state index in [1.54, 1.807) is 0 Å². The number of carbonyl (C=O) groups excluding carboxylic acids is 1. The molecule has 3 unspecified atom stereocenters. The summed E-state index contributed by atoms with van der Waals surface area (Å²) in [6.45, 7) is 9.72. The van der Waals surface area contributed by atoms with Gasteiger partial charge in [0.2, 0.25) is 5.91 Å². The first-order valence-electron chi connectivity index (χ1n) is 8.20. The van der Waals surface area contributed by atoms with Crippen LogP contribution in [0.3, 0.4) is 0 Å². The Morgan fingerprint density at radius 1 is 1.21 bits per heavy atom. The second-order valence-electron chi connectivity index (χ2n) is 5.94. The number of rotatable bonds is 9. The molecule has 1 fully saturated rings. The summed E-state index contributed by atoms with van der Waals surface area (Å²) in [5.74, 6) is 0.994. The Balaban J connectivity index is 2.49. The maximum absolute atomic E-state index is 12.4. The van der Waals surface area contributed by atoms with Gasteiger partial charge in [0.15, 0.2) is 0 Å². The second-order valence-corrected chi connectivity index (χ2v) is 5.94. The number of carbonyl (C=O) groups is 1. The summed E-state index contributed by atoms with van der Waals surface area (Å²) in [4.78, 5) is 14.5. The van der Waals surface area contributed by atoms with Crippen LogP contribution in [-0.4, -0.2) is 29.6 Å². The molecule has 1 aliphatic rings. The van der Waals surface area contributed by atoms with Crippen LogP contribution in [0.4, 0.5) is 0 Å². The summed E-state index contributed by atoms with van der Waals surface area (Å²) in [5, 5.41) is 3.45. The van der Waals surface area contributed by atoms with Crippen LogP contribution in [0.25, 0.3) is 0 Å². The SMILES string of the molecule is CCCCC(CC)CN1C(=O)C(CCCC)NC1C. The zero-order valence-corrected chi connectivity index (χ0v) is 13.2. The minimum atomic E-state index is 0.0682. The molecule has 3 nitrogen and oxygen atoms in total. The minimum absolute atomic E-state index is 0.0682. The highest BCUT2D eigenvalue weighted by Gasteiger charge is 2.36. The Morgan fingerprint density at radius 2 is 1.89 bits per heavy atom. The lowest BCUT2D eigenvalue weighted by atomic mass is 9.98. The van der Waals surface area contributed by atoms with E-state index in [0.717, 1.165) is 25.8 Å². The van der Waals surface area contributed by atoms with Gasteiger partial charge in [0, 0.05) is 6.54 Å². The molecule has 1 saturated heterocycles. The molecule has 112 valence electrons. The molecule has 1 amide bonds. The van der Waals surface area contributed by atoms with Gasteiger partial charge in [-0.1, -0.05) is 52.9 Å². The van der Waals surface area contributed by atoms with Gasteiger partial charge in [-0.25, -0.2) is 0 Å². The molecule has 19 heavy (non-hydrogen) atoms. The van der Waals surface area contributed by atoms with Gasteiger partial charge < -0.3 is 4.90 Å². The lowest BCUT2D eigenvalue weighted by Gasteiger charge is -2.26. The predicted octanol–water partition coefficient (Wildman–Crippen LogP) is 3.54. The predicted molar refractivity (Wildman–Crippen MR) is 80.9 cm³/mol. The smallest absolute Gasteiger partial charge is 0.241 e. The van der Waals surface area contributed by atoms with Crippen molar-refractivity contribution in [1.29, 1.82) is 0 Å². The highest BCUT2D eigenvalue weighted by molar-refractivity contribution is 5.84. The van der Waals surface area contributed by atoms with E-state index in [1.807, 2.05) is 0 Å². The van der Waals surface area contributed by atoms with Gasteiger partial charge in [-0.05, 0) is 25.7 Å². The van der Waals surface area contributed by atoms with Crippen LogP contribution in [0, 0.1) is 5.92 Å². The first-order chi connectivity index (χ1) is 9.13. The molecule has 3 atom stereocenters. The maximum Gasteiger partial charge on any atom is 0.241 e. The Hall–Kier alpha value is -0.570. The van der Waals surface area contributed by atoms with Gasteiger partial charge in [0.25, 0.3) is 0 Å². The summed E-state index contributed by atoms with van der Waals surface area (Å²) in [6.07, 6.45) is 8.45. The molecule has 3 heteroatoms. The van der Waals surface area contributed by atoms with Crippen LogP contribution in [0.15, 0.2) is 0 Å². The molecule has 1 N–H and O–H groups in total. The van der Waals surface area contributed by atoms with Crippen molar-refractivity contribution < 1.29 is 4.79 Å². The van der Waals surface area contributed by atoms with E-state index in [0.29, 0.717) is 11.8 Å². The largest absolute Gasteiger partial charge is 0.326 e. The minimum Gasteiger partial charge on any atom is -0.326 e. The zero-order valence-electron chi connectivity index (χ0n) is 13.2. The summed E-state index contributed by atoms with van der Waals surface area (Å²) >= 11 is 0. The van der Waals surface area contributed by atoms with Gasteiger partial charge in [0.05, 0.1) is 12.2 Å². The Morgan fingerprint density at radius 3 is 2.47 bits per heavy atom. The summed E-state index contributed by atoms with van der Waals surface area (Å²) in [6, 6.07) is 0.0682. The van der Waals surface area contributed by atoms with Crippen LogP contribution < -0.4 is 5.32 Å². The monoisotopic (exact) mass is 268 g/mol. The third-order valence-electron chi connectivity index (χ3n) is 4.34. The van der Waals surface area contributed by atoms with Crippen molar-refractivity contribution in [2.75, 3.05) is 6.54 Å². The van der Waals surface area contributed by atoms with Gasteiger partial charge in [-0.3, -0.25) is 10.1 Å². The van der Waals surface area contributed by atoms with Gasteiger partial charge in [-0.2, -0.15) is 0 Å². The van der Waals surface area contributed by atoms with Crippen molar-refractivity contribution in [2.45, 2.75) is 84.8 Å². The fourth-order valence-electron chi connectivity index (χ4n) is 2.90. The lowest BCUT2D eigenvalue weighted by molar-refractivity contribution is -0.130. The van der Waals surface area contributed by atoms with Crippen molar-refractivity contribution >= 4 is 5.91 Å². The number of nitrogens with zero attached hydrogens (tertiary/aromatic N) is 1. The molecule has 0 bridgehead atoms. The molecule has 0 aliphatic carbocycles. The Bertz CT molecular complexity index is 267. The molecule has 0 saturated carbocycles. The van der Waals surface area contributed by atoms with Crippen molar-refractivity contribution in [3.8, 4) is 0 Å². The highest BCUT2D eigenvalue weighted by atomic mass is 16.2. The molecule has 0 radical (unpaired) electrons. The van der Waals surface area contributed by atoms with Crippen molar-refractivity contribution in [3.05, 3.63) is 0 Å². The number of hydrogen-bond donors (Lipinski definition) is 1. The van der Waals surface area contributed by atoms with Crippen LogP contribution >= 0.6 is 0 Å². The van der Waals surface area contributed by atoms with E-state index in [-0.39, 0.29) is 12.2 Å². The van der Waals surface area contributed by atoms with Crippen molar-refractivity contribution in [1.82, 2.24) is 10.2 Å². The molecule has 1 heterocycles. The van der Waals surface area contributed by atoms with Crippen molar-refractivity contribution in [3.63, 3.8) is 0 Å². The quantitative estimate of drug-likeness (QED) is 0.693. The number of amides is 1. The standard InChI is InChI=1S/C16H32N2O/c1-5-8-10-14(7-3)12-18-13(4)17-15(16(18)19)11-9-6-2/h13-15,17H,5-12H2,1-4H3. The average molecular weight is 268 g/mol. The third-order valence-corrected chi connectivity index (χ3v) is 4.34. The molecule has 0 spiro atoms. The van der Waals surface area contributed by atoms with E-state index in [1.165, 1.54) is 25.7 Å². The molecular weight excluding hydrogens is 236 g/mol. The molecular formula is C16H32N2O. The third kappa shape index (κ3) is 4.79. The Kier molecular flexibility index (Phi) is 7.44. The van der Waals surface area contributed by atoms with Gasteiger partial charge >= 0.3 is 0 Å². The zero-order chi connectivity index (χ0) is 14.3. The van der Waals surface area contributed by atoms with Crippen LogP contribution in [-0.2, 0) is 4.79 Å². The molecule has 0 aromatic heterocycles. The average Bonchev–Trinajstić information content (AvgIpc) is 2.67. The van der Waals surface area contributed by atoms with Crippen molar-refractivity contribution in [2.24, 2.45) is 5.92 Å². The van der Waals surface area contributed by atoms with E-state index >= 15 is 0 Å². The summed E-state index contributed by atoms with van der Waals surface area (Å²) in [5.41, 5.74) is 0. The molecule has 0 aromatic carbocycles. The van der Waals surface area contributed by atoms with Crippen LogP contribution in [0.1, 0.15) is 72.6 Å². The van der Waals surface area contributed by atoms with Gasteiger partial charge in [0.1, 0.15) is 0 Å². The second kappa shape index (κ2) is 8.57. The highest BCUT2D eigenvalue weighted by Crippen LogP contribution is 2.20. The fourth-order valence-corrected chi connectivity index (χ4v) is 2.90. The molecule has 1 aliphatic heterocycles. The lowest BCUT2D eigenvalue weighted by Crippen LogP contribution is -2.38. The summed E-state index contributed by atoms with van der Waals surface area (Å²) in [7, 11) is 0. The fraction of sp³-hybridized carbons (Fsp3) is 0.938. The first-order valence-corrected chi connectivity index (χ1v) is 8.20. The van der Waals surface area contributed by atoms with E-state index in [4.69, 9.17) is 0 Å². The summed E-state index contributed by atoms with van der Waals surface area (Å²) < 4.78 is 0. The van der Waals surface area contributed by atoms with E-state index < -0.39 is 0 Å². The molecule has 0 aromatic rings. The number of nitrogens with one attached hydrogen (secondary N) is 1. The number of unbranched alkanes of at least 4 members (excludes halogenated alkanes) is 2. The molecule has 1 rings (SSSR count). The maximum atomic E-state index is 12.4. The Labute approximate surface area is 119 Å². The van der Waals surface area contributed by atoms with Crippen LogP contribution in [0.2, 0.25) is 0 Å². The number of hydrogen-bond acceptors (Lipinski definition) is 2. The first kappa shape index (κ1) is 16.5. The van der Waals surface area contributed by atoms with E-state index in [9.17, 15) is 4.79 Å². The normalized spacial score (nSPS) is 25.1.